The van der Waals surface area contributed by atoms with Gasteiger partial charge in [-0.2, -0.15) is 0 Å². The first-order chi connectivity index (χ1) is 6.09. The zero-order chi connectivity index (χ0) is 9.84. The van der Waals surface area contributed by atoms with E-state index in [1.807, 2.05) is 0 Å². The fourth-order valence-electron chi connectivity index (χ4n) is 0.712. The zero-order valence-corrected chi connectivity index (χ0v) is 8.04. The standard InChI is InChI=1S/C8H6BrFO3/c9-6-2-1-5(3-7(6)10)13-4-8(11)12/h1-3H,4H2,(H,11,12). The van der Waals surface area contributed by atoms with E-state index < -0.39 is 18.4 Å². The van der Waals surface area contributed by atoms with E-state index in [1.165, 1.54) is 12.1 Å². The van der Waals surface area contributed by atoms with Crippen LogP contribution in [0.1, 0.15) is 0 Å². The van der Waals surface area contributed by atoms with Gasteiger partial charge in [-0.05, 0) is 28.1 Å². The van der Waals surface area contributed by atoms with E-state index in [0.717, 1.165) is 6.07 Å². The van der Waals surface area contributed by atoms with E-state index in [9.17, 15) is 9.18 Å². The second-order valence-electron chi connectivity index (χ2n) is 2.26. The van der Waals surface area contributed by atoms with Crippen LogP contribution in [0.4, 0.5) is 4.39 Å². The average molecular weight is 249 g/mol. The molecule has 1 aromatic rings. The molecule has 70 valence electrons. The van der Waals surface area contributed by atoms with E-state index in [0.29, 0.717) is 4.47 Å². The highest BCUT2D eigenvalue weighted by Gasteiger charge is 2.03. The molecule has 0 spiro atoms. The summed E-state index contributed by atoms with van der Waals surface area (Å²) >= 11 is 2.96. The molecule has 1 N–H and O–H groups in total. The third-order valence-corrected chi connectivity index (χ3v) is 1.90. The summed E-state index contributed by atoms with van der Waals surface area (Å²) in [6.45, 7) is -0.471. The summed E-state index contributed by atoms with van der Waals surface area (Å²) in [6, 6.07) is 4.05. The topological polar surface area (TPSA) is 46.5 Å². The number of hydrogen-bond donors (Lipinski definition) is 1. The number of carbonyl (C=O) groups is 1. The van der Waals surface area contributed by atoms with E-state index >= 15 is 0 Å². The van der Waals surface area contributed by atoms with Gasteiger partial charge in [0.15, 0.2) is 6.61 Å². The molecule has 0 aliphatic rings. The lowest BCUT2D eigenvalue weighted by molar-refractivity contribution is -0.139. The van der Waals surface area contributed by atoms with Crippen LogP contribution >= 0.6 is 15.9 Å². The van der Waals surface area contributed by atoms with E-state index in [2.05, 4.69) is 15.9 Å². The third-order valence-electron chi connectivity index (χ3n) is 1.25. The van der Waals surface area contributed by atoms with Crippen molar-refractivity contribution in [3.8, 4) is 5.75 Å². The van der Waals surface area contributed by atoms with Gasteiger partial charge >= 0.3 is 5.97 Å². The Labute approximate surface area is 82.3 Å². The Balaban J connectivity index is 2.68. The Bertz CT molecular complexity index is 327. The molecule has 3 nitrogen and oxygen atoms in total. The van der Waals surface area contributed by atoms with E-state index in [-0.39, 0.29) is 5.75 Å². The van der Waals surface area contributed by atoms with Crippen LogP contribution in [0.2, 0.25) is 0 Å². The van der Waals surface area contributed by atoms with Crippen molar-refractivity contribution in [1.29, 1.82) is 0 Å². The van der Waals surface area contributed by atoms with E-state index in [4.69, 9.17) is 9.84 Å². The van der Waals surface area contributed by atoms with Crippen LogP contribution in [0.5, 0.6) is 5.75 Å². The SMILES string of the molecule is O=C(O)COc1ccc(Br)c(F)c1. The first-order valence-corrected chi connectivity index (χ1v) is 4.18. The molecule has 13 heavy (non-hydrogen) atoms. The Morgan fingerprint density at radius 3 is 2.85 bits per heavy atom. The molecule has 1 rings (SSSR count). The highest BCUT2D eigenvalue weighted by molar-refractivity contribution is 9.10. The van der Waals surface area contributed by atoms with Gasteiger partial charge in [0.2, 0.25) is 0 Å². The summed E-state index contributed by atoms with van der Waals surface area (Å²) < 4.78 is 17.9. The van der Waals surface area contributed by atoms with Crippen molar-refractivity contribution in [2.75, 3.05) is 6.61 Å². The largest absolute Gasteiger partial charge is 0.482 e. The number of carboxylic acid groups (broad SMARTS) is 1. The fraction of sp³-hybridized carbons (Fsp3) is 0.125. The lowest BCUT2D eigenvalue weighted by Gasteiger charge is -2.02. The van der Waals surface area contributed by atoms with Crippen LogP contribution in [0.15, 0.2) is 22.7 Å². The van der Waals surface area contributed by atoms with Crippen LogP contribution in [-0.2, 0) is 4.79 Å². The lowest BCUT2D eigenvalue weighted by Crippen LogP contribution is -2.09. The summed E-state index contributed by atoms with van der Waals surface area (Å²) in [4.78, 5) is 10.1. The van der Waals surface area contributed by atoms with Crippen LogP contribution in [0.25, 0.3) is 0 Å². The van der Waals surface area contributed by atoms with Gasteiger partial charge in [0.1, 0.15) is 11.6 Å². The van der Waals surface area contributed by atoms with Gasteiger partial charge in [0, 0.05) is 6.07 Å². The quantitative estimate of drug-likeness (QED) is 0.891. The summed E-state index contributed by atoms with van der Waals surface area (Å²) in [5.41, 5.74) is 0. The Kier molecular flexibility index (Phi) is 3.25. The second kappa shape index (κ2) is 4.23. The summed E-state index contributed by atoms with van der Waals surface area (Å²) in [5, 5.41) is 8.27. The van der Waals surface area contributed by atoms with Crippen molar-refractivity contribution in [3.05, 3.63) is 28.5 Å². The predicted molar refractivity (Wildman–Crippen MR) is 47.2 cm³/mol. The summed E-state index contributed by atoms with van der Waals surface area (Å²) in [6.07, 6.45) is 0. The van der Waals surface area contributed by atoms with E-state index in [1.54, 1.807) is 0 Å². The van der Waals surface area contributed by atoms with Crippen LogP contribution in [0, 0.1) is 5.82 Å². The highest BCUT2D eigenvalue weighted by Crippen LogP contribution is 2.20. The average Bonchev–Trinajstić information content (AvgIpc) is 2.07. The molecule has 0 saturated heterocycles. The number of rotatable bonds is 3. The Morgan fingerprint density at radius 2 is 2.31 bits per heavy atom. The zero-order valence-electron chi connectivity index (χ0n) is 6.46. The molecule has 0 radical (unpaired) electrons. The normalized spacial score (nSPS) is 9.69. The molecular formula is C8H6BrFO3. The van der Waals surface area contributed by atoms with Crippen LogP contribution < -0.4 is 4.74 Å². The van der Waals surface area contributed by atoms with Crippen molar-refractivity contribution < 1.29 is 19.0 Å². The maximum Gasteiger partial charge on any atom is 0.341 e. The van der Waals surface area contributed by atoms with Crippen LogP contribution in [-0.4, -0.2) is 17.7 Å². The summed E-state index contributed by atoms with van der Waals surface area (Å²) in [7, 11) is 0. The molecule has 0 amide bonds. The molecule has 0 heterocycles. The molecule has 0 aliphatic heterocycles. The monoisotopic (exact) mass is 248 g/mol. The molecule has 0 aromatic heterocycles. The molecule has 0 unspecified atom stereocenters. The first-order valence-electron chi connectivity index (χ1n) is 3.39. The minimum absolute atomic E-state index is 0.197. The minimum Gasteiger partial charge on any atom is -0.482 e. The maximum absolute atomic E-state index is 12.8. The predicted octanol–water partition coefficient (Wildman–Crippen LogP) is 2.05. The van der Waals surface area contributed by atoms with Gasteiger partial charge in [-0.25, -0.2) is 9.18 Å². The fourth-order valence-corrected chi connectivity index (χ4v) is 0.958. The van der Waals surface area contributed by atoms with Crippen molar-refractivity contribution in [2.45, 2.75) is 0 Å². The van der Waals surface area contributed by atoms with Gasteiger partial charge in [-0.1, -0.05) is 0 Å². The number of benzene rings is 1. The highest BCUT2D eigenvalue weighted by atomic mass is 79.9. The van der Waals surface area contributed by atoms with Crippen molar-refractivity contribution >= 4 is 21.9 Å². The molecule has 0 fully saturated rings. The number of ether oxygens (including phenoxy) is 1. The van der Waals surface area contributed by atoms with Gasteiger partial charge in [0.25, 0.3) is 0 Å². The van der Waals surface area contributed by atoms with Gasteiger partial charge in [0.05, 0.1) is 4.47 Å². The van der Waals surface area contributed by atoms with Gasteiger partial charge < -0.3 is 9.84 Å². The number of aliphatic carboxylic acids is 1. The number of hydrogen-bond acceptors (Lipinski definition) is 2. The second-order valence-corrected chi connectivity index (χ2v) is 3.11. The third kappa shape index (κ3) is 3.02. The molecule has 0 bridgehead atoms. The smallest absolute Gasteiger partial charge is 0.341 e. The first kappa shape index (κ1) is 9.98. The molecule has 0 aliphatic carbocycles. The minimum atomic E-state index is -1.09. The number of carboxylic acids is 1. The molecule has 5 heteroatoms. The summed E-state index contributed by atoms with van der Waals surface area (Å²) in [5.74, 6) is -1.38. The lowest BCUT2D eigenvalue weighted by atomic mass is 10.3. The Morgan fingerprint density at radius 1 is 1.62 bits per heavy atom. The van der Waals surface area contributed by atoms with Crippen molar-refractivity contribution in [3.63, 3.8) is 0 Å². The number of halogens is 2. The Hall–Kier alpha value is -1.10. The van der Waals surface area contributed by atoms with Gasteiger partial charge in [-0.3, -0.25) is 0 Å². The van der Waals surface area contributed by atoms with Crippen molar-refractivity contribution in [2.24, 2.45) is 0 Å². The van der Waals surface area contributed by atoms with Gasteiger partial charge in [-0.15, -0.1) is 0 Å². The van der Waals surface area contributed by atoms with Crippen LogP contribution in [0.3, 0.4) is 0 Å². The molecule has 0 atom stereocenters. The maximum atomic E-state index is 12.8. The van der Waals surface area contributed by atoms with Crippen molar-refractivity contribution in [1.82, 2.24) is 0 Å². The molecule has 1 aromatic carbocycles. The molecular weight excluding hydrogens is 243 g/mol. The molecule has 0 saturated carbocycles.